The van der Waals surface area contributed by atoms with Crippen LogP contribution in [0.2, 0.25) is 0 Å². The molecule has 0 saturated carbocycles. The lowest BCUT2D eigenvalue weighted by molar-refractivity contribution is 0.211. The van der Waals surface area contributed by atoms with Crippen molar-refractivity contribution in [3.8, 4) is 0 Å². The van der Waals surface area contributed by atoms with Crippen molar-refractivity contribution in [2.24, 2.45) is 0 Å². The molecule has 1 aliphatic carbocycles. The fourth-order valence-electron chi connectivity index (χ4n) is 2.14. The van der Waals surface area contributed by atoms with Crippen LogP contribution in [0, 0.1) is 0 Å². The van der Waals surface area contributed by atoms with E-state index in [1.54, 1.807) is 0 Å². The van der Waals surface area contributed by atoms with Crippen molar-refractivity contribution in [1.82, 2.24) is 9.78 Å². The van der Waals surface area contributed by atoms with Crippen molar-refractivity contribution in [2.45, 2.75) is 45.3 Å². The minimum atomic E-state index is -0.275. The summed E-state index contributed by atoms with van der Waals surface area (Å²) in [5.74, 6) is 0. The van der Waals surface area contributed by atoms with Crippen LogP contribution in [-0.4, -0.2) is 21.0 Å². The molecule has 2 rings (SSSR count). The van der Waals surface area contributed by atoms with E-state index < -0.39 is 0 Å². The van der Waals surface area contributed by atoms with Crippen LogP contribution in [0.3, 0.4) is 0 Å². The van der Waals surface area contributed by atoms with Crippen LogP contribution in [0.15, 0.2) is 18.3 Å². The molecule has 0 spiro atoms. The molecule has 0 amide bonds. The zero-order valence-electron chi connectivity index (χ0n) is 9.19. The van der Waals surface area contributed by atoms with Gasteiger partial charge in [-0.2, -0.15) is 5.10 Å². The molecule has 15 heavy (non-hydrogen) atoms. The minimum Gasteiger partial charge on any atom is -0.389 e. The van der Waals surface area contributed by atoms with Crippen molar-refractivity contribution in [1.29, 1.82) is 0 Å². The molecule has 0 aromatic carbocycles. The lowest BCUT2D eigenvalue weighted by atomic mass is 10.1. The van der Waals surface area contributed by atoms with Gasteiger partial charge in [0.25, 0.3) is 0 Å². The van der Waals surface area contributed by atoms with Gasteiger partial charge in [0.05, 0.1) is 11.8 Å². The maximum atomic E-state index is 9.72. The lowest BCUT2D eigenvalue weighted by Crippen LogP contribution is -2.04. The van der Waals surface area contributed by atoms with E-state index in [-0.39, 0.29) is 6.10 Å². The van der Waals surface area contributed by atoms with Crippen LogP contribution in [0.25, 0.3) is 5.57 Å². The van der Waals surface area contributed by atoms with E-state index in [4.69, 9.17) is 0 Å². The van der Waals surface area contributed by atoms with E-state index in [1.807, 2.05) is 23.0 Å². The molecule has 0 fully saturated rings. The fraction of sp³-hybridized carbons (Fsp3) is 0.583. The molecule has 0 bridgehead atoms. The van der Waals surface area contributed by atoms with Crippen molar-refractivity contribution >= 4 is 5.57 Å². The minimum absolute atomic E-state index is 0.275. The quantitative estimate of drug-likeness (QED) is 0.805. The lowest BCUT2D eigenvalue weighted by Gasteiger charge is -2.08. The third-order valence-corrected chi connectivity index (χ3v) is 2.93. The van der Waals surface area contributed by atoms with Crippen LogP contribution in [0.5, 0.6) is 0 Å². The molecule has 0 aliphatic heterocycles. The van der Waals surface area contributed by atoms with Gasteiger partial charge in [0.15, 0.2) is 0 Å². The Kier molecular flexibility index (Phi) is 3.21. The van der Waals surface area contributed by atoms with E-state index in [1.165, 1.54) is 11.3 Å². The molecule has 1 heterocycles. The second-order valence-corrected chi connectivity index (χ2v) is 4.04. The van der Waals surface area contributed by atoms with Gasteiger partial charge in [0, 0.05) is 12.7 Å². The number of nitrogens with zero attached hydrogens (tertiary/aromatic N) is 2. The summed E-state index contributed by atoms with van der Waals surface area (Å²) < 4.78 is 1.99. The summed E-state index contributed by atoms with van der Waals surface area (Å²) in [4.78, 5) is 0. The summed E-state index contributed by atoms with van der Waals surface area (Å²) in [5.41, 5.74) is 2.41. The van der Waals surface area contributed by atoms with Crippen LogP contribution in [0.1, 0.15) is 38.3 Å². The summed E-state index contributed by atoms with van der Waals surface area (Å²) in [7, 11) is 0. The maximum absolute atomic E-state index is 9.72. The number of aromatic nitrogens is 2. The Morgan fingerprint density at radius 2 is 2.40 bits per heavy atom. The van der Waals surface area contributed by atoms with Gasteiger partial charge in [-0.3, -0.25) is 4.68 Å². The number of allylic oxidation sites excluding steroid dienone is 1. The molecule has 3 heteroatoms. The molecule has 0 radical (unpaired) electrons. The zero-order valence-corrected chi connectivity index (χ0v) is 9.19. The number of aliphatic hydroxyl groups is 1. The smallest absolute Gasteiger partial charge is 0.0727 e. The van der Waals surface area contributed by atoms with Gasteiger partial charge in [0.1, 0.15) is 0 Å². The van der Waals surface area contributed by atoms with Gasteiger partial charge in [-0.1, -0.05) is 12.5 Å². The maximum Gasteiger partial charge on any atom is 0.0727 e. The fourth-order valence-corrected chi connectivity index (χ4v) is 2.14. The summed E-state index contributed by atoms with van der Waals surface area (Å²) in [6.45, 7) is 2.97. The normalized spacial score (nSPS) is 22.3. The highest BCUT2D eigenvalue weighted by atomic mass is 16.3. The Hall–Kier alpha value is -1.09. The summed E-state index contributed by atoms with van der Waals surface area (Å²) in [6.07, 6.45) is 7.78. The monoisotopic (exact) mass is 206 g/mol. The Bertz CT molecular complexity index is 354. The van der Waals surface area contributed by atoms with Gasteiger partial charge < -0.3 is 5.11 Å². The van der Waals surface area contributed by atoms with Crippen molar-refractivity contribution < 1.29 is 5.11 Å². The van der Waals surface area contributed by atoms with E-state index in [9.17, 15) is 5.11 Å². The molecule has 1 aromatic heterocycles. The zero-order chi connectivity index (χ0) is 10.7. The first-order chi connectivity index (χ1) is 7.31. The molecule has 1 unspecified atom stereocenters. The van der Waals surface area contributed by atoms with Crippen LogP contribution >= 0.6 is 0 Å². The average molecular weight is 206 g/mol. The van der Waals surface area contributed by atoms with E-state index in [2.05, 4.69) is 12.0 Å². The van der Waals surface area contributed by atoms with Gasteiger partial charge in [0.2, 0.25) is 0 Å². The molecule has 1 atom stereocenters. The molecule has 1 aliphatic rings. The highest BCUT2D eigenvalue weighted by Gasteiger charge is 2.13. The second-order valence-electron chi connectivity index (χ2n) is 4.04. The third kappa shape index (κ3) is 2.29. The third-order valence-electron chi connectivity index (χ3n) is 2.93. The largest absolute Gasteiger partial charge is 0.389 e. The Balaban J connectivity index is 2.28. The van der Waals surface area contributed by atoms with Crippen molar-refractivity contribution in [2.75, 3.05) is 0 Å². The first-order valence-corrected chi connectivity index (χ1v) is 5.72. The number of hydrogen-bond donors (Lipinski definition) is 1. The highest BCUT2D eigenvalue weighted by Crippen LogP contribution is 2.25. The predicted octanol–water partition coefficient (Wildman–Crippen LogP) is 2.22. The summed E-state index contributed by atoms with van der Waals surface area (Å²) in [6, 6.07) is 2.04. The first kappa shape index (κ1) is 10.4. The highest BCUT2D eigenvalue weighted by molar-refractivity contribution is 5.63. The van der Waals surface area contributed by atoms with Gasteiger partial charge >= 0.3 is 0 Å². The average Bonchev–Trinajstić information content (AvgIpc) is 2.61. The molecule has 82 valence electrons. The standard InChI is InChI=1S/C12H18N2O/c1-2-14-12(7-8-13-14)10-5-3-4-6-11(15)9-10/h7-9,11,15H,2-6H2,1H3. The van der Waals surface area contributed by atoms with Crippen molar-refractivity contribution in [3.05, 3.63) is 24.0 Å². The number of aryl methyl sites for hydroxylation is 1. The van der Waals surface area contributed by atoms with Gasteiger partial charge in [-0.05, 0) is 37.8 Å². The van der Waals surface area contributed by atoms with E-state index in [0.29, 0.717) is 0 Å². The molecule has 0 saturated heterocycles. The predicted molar refractivity (Wildman–Crippen MR) is 60.4 cm³/mol. The van der Waals surface area contributed by atoms with Crippen LogP contribution < -0.4 is 0 Å². The Morgan fingerprint density at radius 3 is 3.20 bits per heavy atom. The second kappa shape index (κ2) is 4.62. The molecule has 1 N–H and O–H groups in total. The van der Waals surface area contributed by atoms with E-state index >= 15 is 0 Å². The first-order valence-electron chi connectivity index (χ1n) is 5.72. The summed E-state index contributed by atoms with van der Waals surface area (Å²) in [5, 5.41) is 14.0. The molecule has 3 nitrogen and oxygen atoms in total. The molecule has 1 aromatic rings. The van der Waals surface area contributed by atoms with E-state index in [0.717, 1.165) is 32.2 Å². The Morgan fingerprint density at radius 1 is 1.53 bits per heavy atom. The Labute approximate surface area is 90.4 Å². The number of hydrogen-bond acceptors (Lipinski definition) is 2. The van der Waals surface area contributed by atoms with Gasteiger partial charge in [-0.25, -0.2) is 0 Å². The number of rotatable bonds is 2. The van der Waals surface area contributed by atoms with Crippen LogP contribution in [0.4, 0.5) is 0 Å². The molecular weight excluding hydrogens is 188 g/mol. The van der Waals surface area contributed by atoms with Gasteiger partial charge in [-0.15, -0.1) is 0 Å². The summed E-state index contributed by atoms with van der Waals surface area (Å²) >= 11 is 0. The van der Waals surface area contributed by atoms with Crippen LogP contribution in [-0.2, 0) is 6.54 Å². The molecular formula is C12H18N2O. The topological polar surface area (TPSA) is 38.0 Å². The number of aliphatic hydroxyl groups excluding tert-OH is 1. The SMILES string of the molecule is CCn1nccc1C1=CC(O)CCCC1. The van der Waals surface area contributed by atoms with Crippen molar-refractivity contribution in [3.63, 3.8) is 0 Å².